The number of benzene rings is 6. The largest absolute Gasteiger partial charge is 0.378 e. The van der Waals surface area contributed by atoms with Gasteiger partial charge in [-0.2, -0.15) is 0 Å². The Morgan fingerprint density at radius 1 is 0.479 bits per heavy atom. The van der Waals surface area contributed by atoms with E-state index in [1.165, 1.54) is 36.4 Å². The molecule has 0 unspecified atom stereocenters. The summed E-state index contributed by atoms with van der Waals surface area (Å²) in [4.78, 5) is 16.2. The smallest absolute Gasteiger partial charge is 0.132 e. The average Bonchev–Trinajstić information content (AvgIpc) is 3.39. The molecule has 2 aromatic heterocycles. The van der Waals surface area contributed by atoms with Crippen LogP contribution in [0.3, 0.4) is 0 Å². The Balaban J connectivity index is 0.000000166. The average molecular weight is 1030 g/mol. The van der Waals surface area contributed by atoms with Crippen LogP contribution in [0.2, 0.25) is 0 Å². The maximum absolute atomic E-state index is 14.9. The van der Waals surface area contributed by atoms with Gasteiger partial charge < -0.3 is 39.5 Å². The van der Waals surface area contributed by atoms with Crippen molar-refractivity contribution in [3.63, 3.8) is 0 Å². The summed E-state index contributed by atoms with van der Waals surface area (Å²) in [6, 6.07) is 34.7. The van der Waals surface area contributed by atoms with E-state index in [-0.39, 0.29) is 23.3 Å². The Morgan fingerprint density at radius 3 is 1.37 bits per heavy atom. The SMILES string of the molecule is Cc1c(-c2ccccc2F)nc2cc(F)ccc2c1Nc1cc(Br)ccc1N1CCOCC1.Cc1c(-c2ccccc2F)nc2cc(F)ccc2c1Nc1cc(N2CCOCC2)ccc1N1CCOCC1. The number of pyridine rings is 2. The molecule has 10 nitrogen and oxygen atoms in total. The van der Waals surface area contributed by atoms with Crippen LogP contribution in [-0.4, -0.2) is 88.9 Å². The van der Waals surface area contributed by atoms with Gasteiger partial charge in [0.05, 0.1) is 96.2 Å². The first-order chi connectivity index (χ1) is 34.6. The van der Waals surface area contributed by atoms with Crippen LogP contribution in [0.4, 0.5) is 57.4 Å². The Bertz CT molecular complexity index is 3230. The topological polar surface area (TPSA) is 87.2 Å². The van der Waals surface area contributed by atoms with Gasteiger partial charge in [0.1, 0.15) is 23.3 Å². The molecule has 0 spiro atoms. The van der Waals surface area contributed by atoms with Crippen molar-refractivity contribution in [2.45, 2.75) is 13.8 Å². The second-order valence-electron chi connectivity index (χ2n) is 17.6. The lowest BCUT2D eigenvalue weighted by Crippen LogP contribution is -2.37. The zero-order chi connectivity index (χ0) is 49.0. The highest BCUT2D eigenvalue weighted by Gasteiger charge is 2.24. The summed E-state index contributed by atoms with van der Waals surface area (Å²) in [5, 5.41) is 8.80. The molecule has 8 aromatic rings. The third-order valence-corrected chi connectivity index (χ3v) is 13.7. The second-order valence-corrected chi connectivity index (χ2v) is 18.5. The molecule has 3 aliphatic rings. The summed E-state index contributed by atoms with van der Waals surface area (Å²) in [6.07, 6.45) is 0. The predicted octanol–water partition coefficient (Wildman–Crippen LogP) is 12.7. The molecule has 11 rings (SSSR count). The number of aromatic nitrogens is 2. The van der Waals surface area contributed by atoms with Gasteiger partial charge in [-0.15, -0.1) is 0 Å². The fourth-order valence-electron chi connectivity index (χ4n) is 9.50. The zero-order valence-corrected chi connectivity index (χ0v) is 41.0. The van der Waals surface area contributed by atoms with E-state index in [0.29, 0.717) is 73.2 Å². The van der Waals surface area contributed by atoms with Gasteiger partial charge in [-0.25, -0.2) is 27.5 Å². The number of fused-ring (bicyclic) bond motifs is 2. The lowest BCUT2D eigenvalue weighted by atomic mass is 10.0. The molecule has 0 saturated carbocycles. The number of nitrogens with zero attached hydrogens (tertiary/aromatic N) is 5. The molecular formula is C56H52BrF4N7O3. The Kier molecular flexibility index (Phi) is 14.4. The summed E-state index contributed by atoms with van der Waals surface area (Å²) in [5.41, 5.74) is 10.8. The standard InChI is InChI=1S/C30H30F2N4O2.C26H22BrF2N3O/c1-20-29(23-4-2-3-5-25(23)32)33-26-18-21(31)6-8-24(26)30(20)34-27-19-22(35-10-14-37-15-11-35)7-9-28(27)36-12-16-38-17-13-36;1-16-25(19-4-2-3-5-21(19)29)30-22-15-18(28)7-8-20(22)26(16)31-23-14-17(27)6-9-24(23)32-10-12-33-13-11-32/h2-9,18-19H,10-17H2,1H3,(H,33,34);2-9,14-15H,10-13H2,1H3,(H,30,31). The minimum absolute atomic E-state index is 0.367. The van der Waals surface area contributed by atoms with Gasteiger partial charge in [0.2, 0.25) is 0 Å². The van der Waals surface area contributed by atoms with Crippen LogP contribution < -0.4 is 25.3 Å². The van der Waals surface area contributed by atoms with Crippen LogP contribution in [0.25, 0.3) is 44.3 Å². The summed E-state index contributed by atoms with van der Waals surface area (Å²) in [6.45, 7) is 12.7. The van der Waals surface area contributed by atoms with Crippen molar-refractivity contribution < 1.29 is 31.8 Å². The molecule has 6 aromatic carbocycles. The maximum Gasteiger partial charge on any atom is 0.132 e. The van der Waals surface area contributed by atoms with Crippen LogP contribution in [0, 0.1) is 37.1 Å². The van der Waals surface area contributed by atoms with Gasteiger partial charge in [0.25, 0.3) is 0 Å². The van der Waals surface area contributed by atoms with E-state index < -0.39 is 0 Å². The van der Waals surface area contributed by atoms with Crippen LogP contribution >= 0.6 is 15.9 Å². The third-order valence-electron chi connectivity index (χ3n) is 13.2. The van der Waals surface area contributed by atoms with Crippen molar-refractivity contribution in [3.05, 3.63) is 160 Å². The molecule has 364 valence electrons. The molecule has 3 saturated heterocycles. The maximum atomic E-state index is 14.9. The quantitative estimate of drug-likeness (QED) is 0.136. The molecule has 0 atom stereocenters. The second kappa shape index (κ2) is 21.3. The zero-order valence-electron chi connectivity index (χ0n) is 39.4. The van der Waals surface area contributed by atoms with Crippen molar-refractivity contribution in [2.24, 2.45) is 0 Å². The highest BCUT2D eigenvalue weighted by atomic mass is 79.9. The molecule has 0 amide bonds. The van der Waals surface area contributed by atoms with Crippen LogP contribution in [-0.2, 0) is 14.2 Å². The van der Waals surface area contributed by atoms with E-state index in [1.54, 1.807) is 48.5 Å². The van der Waals surface area contributed by atoms with E-state index in [0.717, 1.165) is 105 Å². The van der Waals surface area contributed by atoms with Gasteiger partial charge in [-0.3, -0.25) is 0 Å². The van der Waals surface area contributed by atoms with Gasteiger partial charge >= 0.3 is 0 Å². The first-order valence-electron chi connectivity index (χ1n) is 23.7. The van der Waals surface area contributed by atoms with Crippen LogP contribution in [0.15, 0.2) is 126 Å². The van der Waals surface area contributed by atoms with E-state index in [4.69, 9.17) is 19.2 Å². The van der Waals surface area contributed by atoms with Crippen molar-refractivity contribution in [1.29, 1.82) is 0 Å². The molecule has 0 bridgehead atoms. The number of anilines is 7. The minimum atomic E-state index is -0.388. The number of morpholine rings is 3. The van der Waals surface area contributed by atoms with Crippen molar-refractivity contribution in [1.82, 2.24) is 9.97 Å². The molecule has 0 aliphatic carbocycles. The molecule has 3 aliphatic heterocycles. The Morgan fingerprint density at radius 2 is 0.901 bits per heavy atom. The summed E-state index contributed by atoms with van der Waals surface area (Å²) in [5.74, 6) is -1.51. The monoisotopic (exact) mass is 1030 g/mol. The number of ether oxygens (including phenoxy) is 3. The number of hydrogen-bond donors (Lipinski definition) is 2. The summed E-state index contributed by atoms with van der Waals surface area (Å²) >= 11 is 3.58. The fourth-order valence-corrected chi connectivity index (χ4v) is 9.86. The Hall–Kier alpha value is -6.78. The van der Waals surface area contributed by atoms with Gasteiger partial charge in [-0.1, -0.05) is 40.2 Å². The first-order valence-corrected chi connectivity index (χ1v) is 24.5. The third kappa shape index (κ3) is 10.4. The molecule has 5 heterocycles. The number of halogens is 5. The number of hydrogen-bond acceptors (Lipinski definition) is 10. The molecule has 0 radical (unpaired) electrons. The molecular weight excluding hydrogens is 975 g/mol. The normalized spacial score (nSPS) is 15.2. The fraction of sp³-hybridized carbons (Fsp3) is 0.250. The molecule has 3 fully saturated rings. The van der Waals surface area contributed by atoms with E-state index in [9.17, 15) is 17.6 Å². The van der Waals surface area contributed by atoms with Crippen LogP contribution in [0.1, 0.15) is 11.1 Å². The summed E-state index contributed by atoms with van der Waals surface area (Å²) < 4.78 is 75.6. The minimum Gasteiger partial charge on any atom is -0.378 e. The van der Waals surface area contributed by atoms with Crippen molar-refractivity contribution in [3.8, 4) is 22.5 Å². The highest BCUT2D eigenvalue weighted by Crippen LogP contribution is 2.42. The summed E-state index contributed by atoms with van der Waals surface area (Å²) in [7, 11) is 0. The number of nitrogens with one attached hydrogen (secondary N) is 2. The van der Waals surface area contributed by atoms with Gasteiger partial charge in [-0.05, 0) is 110 Å². The molecule has 2 N–H and O–H groups in total. The lowest BCUT2D eigenvalue weighted by molar-refractivity contribution is 0.122. The van der Waals surface area contributed by atoms with E-state index in [2.05, 4.69) is 70.5 Å². The van der Waals surface area contributed by atoms with Crippen LogP contribution in [0.5, 0.6) is 0 Å². The first kappa shape index (κ1) is 47.9. The predicted molar refractivity (Wildman–Crippen MR) is 280 cm³/mol. The van der Waals surface area contributed by atoms with Crippen molar-refractivity contribution >= 4 is 77.5 Å². The van der Waals surface area contributed by atoms with Crippen molar-refractivity contribution in [2.75, 3.05) is 104 Å². The lowest BCUT2D eigenvalue weighted by Gasteiger charge is -2.33. The van der Waals surface area contributed by atoms with E-state index in [1.807, 2.05) is 26.0 Å². The van der Waals surface area contributed by atoms with E-state index >= 15 is 0 Å². The highest BCUT2D eigenvalue weighted by molar-refractivity contribution is 9.10. The van der Waals surface area contributed by atoms with Gasteiger partial charge in [0, 0.05) is 83.5 Å². The Labute approximate surface area is 418 Å². The molecule has 15 heteroatoms. The number of rotatable bonds is 9. The van der Waals surface area contributed by atoms with Gasteiger partial charge in [0.15, 0.2) is 0 Å². The molecule has 71 heavy (non-hydrogen) atoms.